The molecule has 0 saturated carbocycles. The van der Waals surface area contributed by atoms with Crippen LogP contribution in [-0.2, 0) is 4.79 Å². The van der Waals surface area contributed by atoms with Crippen molar-refractivity contribution in [1.82, 2.24) is 4.98 Å². The lowest BCUT2D eigenvalue weighted by molar-refractivity contribution is -0.114. The van der Waals surface area contributed by atoms with Gasteiger partial charge in [-0.15, -0.1) is 0 Å². The van der Waals surface area contributed by atoms with Gasteiger partial charge >= 0.3 is 0 Å². The van der Waals surface area contributed by atoms with E-state index in [4.69, 9.17) is 0 Å². The number of aromatic nitrogens is 1. The summed E-state index contributed by atoms with van der Waals surface area (Å²) >= 11 is 0. The van der Waals surface area contributed by atoms with Crippen LogP contribution in [0.15, 0.2) is 60.9 Å². The Balaban J connectivity index is 1.74. The van der Waals surface area contributed by atoms with Crippen LogP contribution < -0.4 is 16.0 Å². The van der Waals surface area contributed by atoms with Gasteiger partial charge in [0.2, 0.25) is 5.91 Å². The van der Waals surface area contributed by atoms with Crippen molar-refractivity contribution in [3.05, 3.63) is 77.6 Å². The number of carbonyl (C=O) groups excluding carboxylic acids is 2. The van der Waals surface area contributed by atoms with Gasteiger partial charge in [0.1, 0.15) is 0 Å². The summed E-state index contributed by atoms with van der Waals surface area (Å²) in [7, 11) is 0. The third-order valence-electron chi connectivity index (χ3n) is 3.95. The predicted molar refractivity (Wildman–Crippen MR) is 112 cm³/mol. The van der Waals surface area contributed by atoms with Crippen molar-refractivity contribution in [2.75, 3.05) is 16.0 Å². The van der Waals surface area contributed by atoms with Gasteiger partial charge in [0.25, 0.3) is 5.91 Å². The highest BCUT2D eigenvalue weighted by atomic mass is 16.2. The van der Waals surface area contributed by atoms with Gasteiger partial charge in [-0.25, -0.2) is 0 Å². The second-order valence-corrected chi connectivity index (χ2v) is 6.68. The first-order valence-electron chi connectivity index (χ1n) is 8.88. The molecule has 6 heteroatoms. The van der Waals surface area contributed by atoms with Crippen LogP contribution in [0.25, 0.3) is 0 Å². The molecule has 0 fully saturated rings. The van der Waals surface area contributed by atoms with Gasteiger partial charge in [0, 0.05) is 30.2 Å². The minimum absolute atomic E-state index is 0.169. The Morgan fingerprint density at radius 2 is 1.46 bits per heavy atom. The molecule has 28 heavy (non-hydrogen) atoms. The standard InChI is InChI=1S/C22H22N4O2/c1-14-7-15(2)9-20(8-14)25-21-10-17(12-23-13-21)22(28)26-19-6-4-5-18(11-19)24-16(3)27/h4-13,25H,1-3H3,(H,24,27)(H,26,28). The number of pyridine rings is 1. The summed E-state index contributed by atoms with van der Waals surface area (Å²) < 4.78 is 0. The van der Waals surface area contributed by atoms with Gasteiger partial charge in [0.05, 0.1) is 17.4 Å². The fourth-order valence-corrected chi connectivity index (χ4v) is 2.93. The summed E-state index contributed by atoms with van der Waals surface area (Å²) in [5.74, 6) is -0.450. The number of amides is 2. The lowest BCUT2D eigenvalue weighted by atomic mass is 10.1. The highest BCUT2D eigenvalue weighted by molar-refractivity contribution is 6.05. The smallest absolute Gasteiger partial charge is 0.257 e. The number of nitrogens with zero attached hydrogens (tertiary/aromatic N) is 1. The van der Waals surface area contributed by atoms with E-state index in [1.165, 1.54) is 13.1 Å². The quantitative estimate of drug-likeness (QED) is 0.607. The molecule has 1 heterocycles. The fourth-order valence-electron chi connectivity index (χ4n) is 2.93. The molecule has 6 nitrogen and oxygen atoms in total. The molecule has 0 spiro atoms. The minimum atomic E-state index is -0.281. The van der Waals surface area contributed by atoms with E-state index in [2.05, 4.69) is 27.0 Å². The van der Waals surface area contributed by atoms with Crippen molar-refractivity contribution in [3.8, 4) is 0 Å². The minimum Gasteiger partial charge on any atom is -0.354 e. The number of hydrogen-bond donors (Lipinski definition) is 3. The molecule has 0 atom stereocenters. The molecule has 0 radical (unpaired) electrons. The first-order chi connectivity index (χ1) is 13.4. The third-order valence-corrected chi connectivity index (χ3v) is 3.95. The van der Waals surface area contributed by atoms with Gasteiger partial charge in [-0.3, -0.25) is 14.6 Å². The Bertz CT molecular complexity index is 1010. The van der Waals surface area contributed by atoms with Crippen LogP contribution in [0, 0.1) is 13.8 Å². The molecule has 0 aliphatic rings. The van der Waals surface area contributed by atoms with E-state index in [9.17, 15) is 9.59 Å². The number of carbonyl (C=O) groups is 2. The molecule has 0 aliphatic heterocycles. The molecule has 1 aromatic heterocycles. The highest BCUT2D eigenvalue weighted by Gasteiger charge is 2.09. The van der Waals surface area contributed by atoms with E-state index >= 15 is 0 Å². The van der Waals surface area contributed by atoms with E-state index in [1.54, 1.807) is 36.5 Å². The third kappa shape index (κ3) is 5.17. The lowest BCUT2D eigenvalue weighted by Crippen LogP contribution is -2.13. The molecule has 2 aromatic carbocycles. The van der Waals surface area contributed by atoms with Crippen molar-refractivity contribution >= 4 is 34.6 Å². The van der Waals surface area contributed by atoms with E-state index in [1.807, 2.05) is 26.0 Å². The van der Waals surface area contributed by atoms with E-state index in [0.29, 0.717) is 16.9 Å². The van der Waals surface area contributed by atoms with Crippen molar-refractivity contribution in [3.63, 3.8) is 0 Å². The topological polar surface area (TPSA) is 83.1 Å². The molecule has 3 N–H and O–H groups in total. The Kier molecular flexibility index (Phi) is 5.69. The van der Waals surface area contributed by atoms with Crippen LogP contribution >= 0.6 is 0 Å². The number of hydrogen-bond acceptors (Lipinski definition) is 4. The molecule has 3 aromatic rings. The Labute approximate surface area is 164 Å². The van der Waals surface area contributed by atoms with Crippen LogP contribution in [0.2, 0.25) is 0 Å². The fraction of sp³-hybridized carbons (Fsp3) is 0.136. The summed E-state index contributed by atoms with van der Waals surface area (Å²) in [5, 5.41) is 8.80. The average molecular weight is 374 g/mol. The van der Waals surface area contributed by atoms with Crippen molar-refractivity contribution in [2.24, 2.45) is 0 Å². The van der Waals surface area contributed by atoms with E-state index in [0.717, 1.165) is 22.5 Å². The SMILES string of the molecule is CC(=O)Nc1cccc(NC(=O)c2cncc(Nc3cc(C)cc(C)c3)c2)c1. The predicted octanol–water partition coefficient (Wildman–Crippen LogP) is 4.65. The zero-order valence-corrected chi connectivity index (χ0v) is 16.0. The van der Waals surface area contributed by atoms with Crippen LogP contribution in [0.3, 0.4) is 0 Å². The van der Waals surface area contributed by atoms with Gasteiger partial charge in [0.15, 0.2) is 0 Å². The molecule has 142 valence electrons. The summed E-state index contributed by atoms with van der Waals surface area (Å²) in [6.07, 6.45) is 3.19. The molecule has 0 saturated heterocycles. The number of benzene rings is 2. The lowest BCUT2D eigenvalue weighted by Gasteiger charge is -2.11. The Morgan fingerprint density at radius 3 is 2.14 bits per heavy atom. The van der Waals surface area contributed by atoms with Gasteiger partial charge in [-0.05, 0) is 61.4 Å². The van der Waals surface area contributed by atoms with Gasteiger partial charge in [-0.2, -0.15) is 0 Å². The number of rotatable bonds is 5. The largest absolute Gasteiger partial charge is 0.354 e. The number of anilines is 4. The maximum absolute atomic E-state index is 12.6. The molecular formula is C22H22N4O2. The molecule has 0 aliphatic carbocycles. The molecule has 3 rings (SSSR count). The van der Waals surface area contributed by atoms with Crippen molar-refractivity contribution in [1.29, 1.82) is 0 Å². The summed E-state index contributed by atoms with van der Waals surface area (Å²) in [4.78, 5) is 27.9. The maximum Gasteiger partial charge on any atom is 0.257 e. The average Bonchev–Trinajstić information content (AvgIpc) is 2.61. The zero-order valence-electron chi connectivity index (χ0n) is 16.0. The first kappa shape index (κ1) is 19.1. The number of aryl methyl sites for hydroxylation is 2. The van der Waals surface area contributed by atoms with E-state index < -0.39 is 0 Å². The van der Waals surface area contributed by atoms with Gasteiger partial charge in [-0.1, -0.05) is 12.1 Å². The maximum atomic E-state index is 12.6. The van der Waals surface area contributed by atoms with Crippen LogP contribution in [0.4, 0.5) is 22.7 Å². The summed E-state index contributed by atoms with van der Waals surface area (Å²) in [6, 6.07) is 14.9. The second kappa shape index (κ2) is 8.35. The number of nitrogens with one attached hydrogen (secondary N) is 3. The van der Waals surface area contributed by atoms with Crippen LogP contribution in [0.1, 0.15) is 28.4 Å². The Morgan fingerprint density at radius 1 is 0.786 bits per heavy atom. The van der Waals surface area contributed by atoms with Crippen LogP contribution in [0.5, 0.6) is 0 Å². The molecule has 2 amide bonds. The van der Waals surface area contributed by atoms with Gasteiger partial charge < -0.3 is 16.0 Å². The zero-order chi connectivity index (χ0) is 20.1. The molecule has 0 bridgehead atoms. The van der Waals surface area contributed by atoms with Crippen LogP contribution in [-0.4, -0.2) is 16.8 Å². The molecule has 0 unspecified atom stereocenters. The van der Waals surface area contributed by atoms with Crippen molar-refractivity contribution in [2.45, 2.75) is 20.8 Å². The first-order valence-corrected chi connectivity index (χ1v) is 8.88. The highest BCUT2D eigenvalue weighted by Crippen LogP contribution is 2.21. The van der Waals surface area contributed by atoms with E-state index in [-0.39, 0.29) is 11.8 Å². The molecular weight excluding hydrogens is 352 g/mol. The summed E-state index contributed by atoms with van der Waals surface area (Å²) in [6.45, 7) is 5.51. The Hall–Kier alpha value is -3.67. The second-order valence-electron chi connectivity index (χ2n) is 6.68. The normalized spacial score (nSPS) is 10.2. The summed E-state index contributed by atoms with van der Waals surface area (Å²) in [5.41, 5.74) is 5.62. The van der Waals surface area contributed by atoms with Crippen molar-refractivity contribution < 1.29 is 9.59 Å². The monoisotopic (exact) mass is 374 g/mol.